The van der Waals surface area contributed by atoms with Gasteiger partial charge in [0, 0.05) is 16.1 Å². The largest absolute Gasteiger partial charge is 0.484 e. The second-order valence-corrected chi connectivity index (χ2v) is 9.05. The molecule has 166 valence electrons. The molecule has 7 nitrogen and oxygen atoms in total. The van der Waals surface area contributed by atoms with E-state index in [9.17, 15) is 18.0 Å². The van der Waals surface area contributed by atoms with Gasteiger partial charge in [-0.1, -0.05) is 23.7 Å². The van der Waals surface area contributed by atoms with Crippen LogP contribution in [0.4, 0.5) is 0 Å². The van der Waals surface area contributed by atoms with Crippen LogP contribution in [0.3, 0.4) is 0 Å². The Labute approximate surface area is 191 Å². The van der Waals surface area contributed by atoms with E-state index in [0.29, 0.717) is 27.5 Å². The highest BCUT2D eigenvalue weighted by molar-refractivity contribution is 7.89. The van der Waals surface area contributed by atoms with Crippen molar-refractivity contribution in [1.82, 2.24) is 5.32 Å². The van der Waals surface area contributed by atoms with Crippen LogP contribution in [0.2, 0.25) is 5.02 Å². The van der Waals surface area contributed by atoms with Gasteiger partial charge in [0.1, 0.15) is 5.75 Å². The quantitative estimate of drug-likeness (QED) is 0.487. The number of rotatable bonds is 8. The van der Waals surface area contributed by atoms with Gasteiger partial charge >= 0.3 is 0 Å². The minimum Gasteiger partial charge on any atom is -0.484 e. The van der Waals surface area contributed by atoms with Crippen LogP contribution in [0.1, 0.15) is 34.5 Å². The van der Waals surface area contributed by atoms with Crippen molar-refractivity contribution in [2.45, 2.75) is 17.9 Å². The second kappa shape index (κ2) is 9.95. The molecule has 0 saturated carbocycles. The number of halogens is 1. The van der Waals surface area contributed by atoms with Crippen LogP contribution in [-0.4, -0.2) is 26.7 Å². The molecule has 0 aromatic heterocycles. The van der Waals surface area contributed by atoms with Gasteiger partial charge in [0.25, 0.3) is 5.91 Å². The van der Waals surface area contributed by atoms with Gasteiger partial charge in [-0.2, -0.15) is 0 Å². The van der Waals surface area contributed by atoms with Crippen LogP contribution < -0.4 is 15.2 Å². The third kappa shape index (κ3) is 6.16. The summed E-state index contributed by atoms with van der Waals surface area (Å²) >= 11 is 5.84. The molecule has 3 aromatic carbocycles. The van der Waals surface area contributed by atoms with E-state index in [1.165, 1.54) is 12.1 Å². The molecule has 3 aromatic rings. The summed E-state index contributed by atoms with van der Waals surface area (Å²) in [6.07, 6.45) is 0. The van der Waals surface area contributed by atoms with Gasteiger partial charge in [-0.3, -0.25) is 9.59 Å². The summed E-state index contributed by atoms with van der Waals surface area (Å²) in [5.41, 5.74) is 1.59. The number of primary sulfonamides is 1. The van der Waals surface area contributed by atoms with Crippen LogP contribution in [0.5, 0.6) is 5.75 Å². The van der Waals surface area contributed by atoms with Gasteiger partial charge in [0.05, 0.1) is 10.9 Å². The third-order valence-corrected chi connectivity index (χ3v) is 5.82. The molecule has 0 aliphatic rings. The maximum Gasteiger partial charge on any atom is 0.258 e. The number of nitrogens with one attached hydrogen (secondary N) is 1. The first-order valence-corrected chi connectivity index (χ1v) is 11.5. The fourth-order valence-electron chi connectivity index (χ4n) is 2.95. The van der Waals surface area contributed by atoms with E-state index in [0.717, 1.165) is 0 Å². The van der Waals surface area contributed by atoms with Crippen molar-refractivity contribution >= 4 is 33.3 Å². The molecule has 3 rings (SSSR count). The fraction of sp³-hybridized carbons (Fsp3) is 0.130. The number of carbonyl (C=O) groups is 2. The maximum atomic E-state index is 12.5. The van der Waals surface area contributed by atoms with Gasteiger partial charge < -0.3 is 10.1 Å². The number of ether oxygens (including phenoxy) is 1. The zero-order valence-corrected chi connectivity index (χ0v) is 18.7. The summed E-state index contributed by atoms with van der Waals surface area (Å²) in [4.78, 5) is 24.7. The number of sulfonamides is 1. The monoisotopic (exact) mass is 472 g/mol. The molecule has 0 spiro atoms. The Kier molecular flexibility index (Phi) is 7.29. The number of hydrogen-bond acceptors (Lipinski definition) is 5. The van der Waals surface area contributed by atoms with Crippen molar-refractivity contribution in [3.8, 4) is 5.75 Å². The molecule has 0 fully saturated rings. The molecule has 0 saturated heterocycles. The number of amides is 1. The van der Waals surface area contributed by atoms with E-state index in [2.05, 4.69) is 5.32 Å². The highest BCUT2D eigenvalue weighted by Crippen LogP contribution is 2.18. The zero-order valence-electron chi connectivity index (χ0n) is 17.1. The Balaban J connectivity index is 1.56. The lowest BCUT2D eigenvalue weighted by molar-refractivity contribution is -0.123. The molecule has 0 bridgehead atoms. The molecule has 0 aliphatic heterocycles. The molecule has 1 amide bonds. The topological polar surface area (TPSA) is 116 Å². The lowest BCUT2D eigenvalue weighted by Gasteiger charge is -2.15. The van der Waals surface area contributed by atoms with Crippen molar-refractivity contribution in [1.29, 1.82) is 0 Å². The number of nitrogens with two attached hydrogens (primary N) is 1. The lowest BCUT2D eigenvalue weighted by Crippen LogP contribution is -2.31. The fourth-order valence-corrected chi connectivity index (χ4v) is 3.64. The molecule has 9 heteroatoms. The van der Waals surface area contributed by atoms with E-state index in [-0.39, 0.29) is 23.2 Å². The van der Waals surface area contributed by atoms with Crippen LogP contribution >= 0.6 is 11.6 Å². The van der Waals surface area contributed by atoms with Gasteiger partial charge in [-0.25, -0.2) is 13.6 Å². The van der Waals surface area contributed by atoms with Crippen molar-refractivity contribution in [3.63, 3.8) is 0 Å². The Morgan fingerprint density at radius 2 is 1.59 bits per heavy atom. The Morgan fingerprint density at radius 1 is 1.00 bits per heavy atom. The first kappa shape index (κ1) is 23.5. The summed E-state index contributed by atoms with van der Waals surface area (Å²) < 4.78 is 28.5. The van der Waals surface area contributed by atoms with E-state index in [4.69, 9.17) is 21.5 Å². The molecule has 3 N–H and O–H groups in total. The van der Waals surface area contributed by atoms with Crippen molar-refractivity contribution < 1.29 is 22.7 Å². The van der Waals surface area contributed by atoms with Gasteiger partial charge in [-0.05, 0) is 73.2 Å². The highest BCUT2D eigenvalue weighted by Gasteiger charge is 2.14. The first-order chi connectivity index (χ1) is 15.1. The summed E-state index contributed by atoms with van der Waals surface area (Å²) in [5, 5.41) is 8.43. The van der Waals surface area contributed by atoms with Crippen LogP contribution in [-0.2, 0) is 14.8 Å². The van der Waals surface area contributed by atoms with Crippen LogP contribution in [0.15, 0.2) is 77.7 Å². The van der Waals surface area contributed by atoms with Crippen molar-refractivity contribution in [2.75, 3.05) is 6.61 Å². The van der Waals surface area contributed by atoms with Crippen molar-refractivity contribution in [3.05, 3.63) is 94.5 Å². The normalized spacial score (nSPS) is 12.1. The van der Waals surface area contributed by atoms with E-state index < -0.39 is 16.1 Å². The van der Waals surface area contributed by atoms with Gasteiger partial charge in [0.2, 0.25) is 10.0 Å². The summed E-state index contributed by atoms with van der Waals surface area (Å²) in [6, 6.07) is 18.6. The molecule has 1 unspecified atom stereocenters. The second-order valence-electron chi connectivity index (χ2n) is 7.06. The molecular weight excluding hydrogens is 452 g/mol. The Morgan fingerprint density at radius 3 is 2.19 bits per heavy atom. The Bertz CT molecular complexity index is 1230. The number of carbonyl (C=O) groups excluding carboxylic acids is 2. The highest BCUT2D eigenvalue weighted by atomic mass is 35.5. The SMILES string of the molecule is CC(NC(=O)COc1ccc(C(=O)c2ccc(Cl)cc2)cc1)c1cccc(S(N)(=O)=O)c1. The minimum absolute atomic E-state index is 0.0272. The molecule has 0 aliphatic carbocycles. The summed E-state index contributed by atoms with van der Waals surface area (Å²) in [6.45, 7) is 1.47. The van der Waals surface area contributed by atoms with Gasteiger partial charge in [0.15, 0.2) is 12.4 Å². The lowest BCUT2D eigenvalue weighted by atomic mass is 10.0. The van der Waals surface area contributed by atoms with Crippen LogP contribution in [0.25, 0.3) is 0 Å². The molecule has 1 atom stereocenters. The number of hydrogen-bond donors (Lipinski definition) is 2. The van der Waals surface area contributed by atoms with Gasteiger partial charge in [-0.15, -0.1) is 0 Å². The third-order valence-electron chi connectivity index (χ3n) is 4.66. The standard InChI is InChI=1S/C23H21ClN2O5S/c1-15(18-3-2-4-21(13-18)32(25,29)30)26-22(27)14-31-20-11-7-17(8-12-20)23(28)16-5-9-19(24)10-6-16/h2-13,15H,14H2,1H3,(H,26,27)(H2,25,29,30). The first-order valence-electron chi connectivity index (χ1n) is 9.59. The molecular formula is C23H21ClN2O5S. The molecule has 0 radical (unpaired) electrons. The summed E-state index contributed by atoms with van der Waals surface area (Å²) in [7, 11) is -3.83. The minimum atomic E-state index is -3.83. The molecule has 32 heavy (non-hydrogen) atoms. The molecule has 0 heterocycles. The van der Waals surface area contributed by atoms with E-state index in [1.54, 1.807) is 67.6 Å². The predicted molar refractivity (Wildman–Crippen MR) is 121 cm³/mol. The maximum absolute atomic E-state index is 12.5. The smallest absolute Gasteiger partial charge is 0.258 e. The Hall–Kier alpha value is -3.20. The average Bonchev–Trinajstić information content (AvgIpc) is 2.77. The summed E-state index contributed by atoms with van der Waals surface area (Å²) in [5.74, 6) is -0.113. The number of ketones is 1. The number of benzene rings is 3. The van der Waals surface area contributed by atoms with Crippen LogP contribution in [0, 0.1) is 0 Å². The van der Waals surface area contributed by atoms with E-state index >= 15 is 0 Å². The van der Waals surface area contributed by atoms with E-state index in [1.807, 2.05) is 0 Å². The predicted octanol–water partition coefficient (Wildman–Crippen LogP) is 3.47. The van der Waals surface area contributed by atoms with Crippen molar-refractivity contribution in [2.24, 2.45) is 5.14 Å². The average molecular weight is 473 g/mol. The zero-order chi connectivity index (χ0) is 23.3.